The van der Waals surface area contributed by atoms with Crippen LogP contribution in [0.15, 0.2) is 41.1 Å². The molecule has 1 heterocycles. The molecule has 0 aliphatic rings. The molecule has 2 heteroatoms. The summed E-state index contributed by atoms with van der Waals surface area (Å²) in [5, 5.41) is 14.6. The lowest BCUT2D eigenvalue weighted by atomic mass is 9.81. The lowest BCUT2D eigenvalue weighted by molar-refractivity contribution is 0.176. The van der Waals surface area contributed by atoms with Crippen molar-refractivity contribution < 1.29 is 5.11 Å². The molecule has 2 rings (SSSR count). The summed E-state index contributed by atoms with van der Waals surface area (Å²) in [6.07, 6.45) is 0.270. The smallest absolute Gasteiger partial charge is 0.0833 e. The summed E-state index contributed by atoms with van der Waals surface area (Å²) in [5.74, 6) is 0. The van der Waals surface area contributed by atoms with Crippen molar-refractivity contribution in [1.29, 1.82) is 0 Å². The third kappa shape index (κ3) is 3.01. The normalized spacial score (nSPS) is 13.6. The Balaban J connectivity index is 2.27. The van der Waals surface area contributed by atoms with Gasteiger partial charge in [-0.25, -0.2) is 0 Å². The van der Waals surface area contributed by atoms with Crippen molar-refractivity contribution >= 4 is 11.3 Å². The highest BCUT2D eigenvalue weighted by Crippen LogP contribution is 2.31. The van der Waals surface area contributed by atoms with Gasteiger partial charge in [0.25, 0.3) is 0 Å². The van der Waals surface area contributed by atoms with E-state index in [0.29, 0.717) is 6.42 Å². The van der Waals surface area contributed by atoms with E-state index in [9.17, 15) is 5.11 Å². The Bertz CT molecular complexity index is 494. The molecular formula is C16H20OS. The van der Waals surface area contributed by atoms with Crippen LogP contribution in [0.3, 0.4) is 0 Å². The third-order valence-corrected chi connectivity index (χ3v) is 3.87. The van der Waals surface area contributed by atoms with Crippen molar-refractivity contribution in [3.8, 4) is 0 Å². The summed E-state index contributed by atoms with van der Waals surface area (Å²) in [6, 6.07) is 10.3. The van der Waals surface area contributed by atoms with E-state index in [1.807, 2.05) is 18.2 Å². The first kappa shape index (κ1) is 13.3. The average Bonchev–Trinajstić information content (AvgIpc) is 2.80. The molecular weight excluding hydrogens is 240 g/mol. The van der Waals surface area contributed by atoms with Crippen LogP contribution >= 0.6 is 11.3 Å². The first-order valence-electron chi connectivity index (χ1n) is 6.27. The first-order chi connectivity index (χ1) is 8.48. The van der Waals surface area contributed by atoms with Gasteiger partial charge in [-0.15, -0.1) is 0 Å². The molecule has 96 valence electrons. The fourth-order valence-electron chi connectivity index (χ4n) is 2.21. The molecule has 0 spiro atoms. The summed E-state index contributed by atoms with van der Waals surface area (Å²) in [4.78, 5) is 0. The number of hydrogen-bond donors (Lipinski definition) is 1. The van der Waals surface area contributed by atoms with Gasteiger partial charge < -0.3 is 5.11 Å². The summed E-state index contributed by atoms with van der Waals surface area (Å²) in [5.41, 5.74) is 3.55. The number of benzene rings is 1. The van der Waals surface area contributed by atoms with Crippen LogP contribution in [0.1, 0.15) is 43.6 Å². The Labute approximate surface area is 113 Å². The van der Waals surface area contributed by atoms with Crippen LogP contribution in [0.5, 0.6) is 0 Å². The van der Waals surface area contributed by atoms with Crippen LogP contribution in [0.2, 0.25) is 0 Å². The fraction of sp³-hybridized carbons (Fsp3) is 0.375. The lowest BCUT2D eigenvalue weighted by Gasteiger charge is -2.25. The average molecular weight is 260 g/mol. The summed E-state index contributed by atoms with van der Waals surface area (Å²) in [7, 11) is 0. The monoisotopic (exact) mass is 260 g/mol. The van der Waals surface area contributed by atoms with E-state index in [2.05, 4.69) is 43.7 Å². The Hall–Kier alpha value is -1.12. The zero-order valence-corrected chi connectivity index (χ0v) is 12.0. The molecule has 0 bridgehead atoms. The molecule has 0 aliphatic heterocycles. The van der Waals surface area contributed by atoms with Crippen molar-refractivity contribution in [3.63, 3.8) is 0 Å². The minimum atomic E-state index is -0.421. The number of thiophene rings is 1. The quantitative estimate of drug-likeness (QED) is 0.871. The van der Waals surface area contributed by atoms with E-state index in [0.717, 1.165) is 5.56 Å². The zero-order chi connectivity index (χ0) is 13.2. The molecule has 1 aromatic heterocycles. The molecule has 0 amide bonds. The predicted molar refractivity (Wildman–Crippen MR) is 78.1 cm³/mol. The molecule has 0 aliphatic carbocycles. The molecule has 1 atom stereocenters. The molecule has 1 unspecified atom stereocenters. The van der Waals surface area contributed by atoms with Gasteiger partial charge in [-0.1, -0.05) is 45.0 Å². The van der Waals surface area contributed by atoms with Crippen molar-refractivity contribution in [2.75, 3.05) is 0 Å². The number of hydrogen-bond acceptors (Lipinski definition) is 2. The number of aliphatic hydroxyl groups is 1. The zero-order valence-electron chi connectivity index (χ0n) is 11.2. The molecule has 0 saturated heterocycles. The largest absolute Gasteiger partial charge is 0.388 e. The molecule has 0 saturated carbocycles. The summed E-state index contributed by atoms with van der Waals surface area (Å²) < 4.78 is 0. The molecule has 0 fully saturated rings. The standard InChI is InChI=1S/C16H20OS/c1-16(2,3)14-7-5-4-6-13(14)15(17)10-12-8-9-18-11-12/h4-9,11,15,17H,10H2,1-3H3. The Morgan fingerprint density at radius 2 is 1.89 bits per heavy atom. The van der Waals surface area contributed by atoms with Gasteiger partial charge in [-0.3, -0.25) is 0 Å². The molecule has 2 aromatic rings. The van der Waals surface area contributed by atoms with Crippen LogP contribution in [0.25, 0.3) is 0 Å². The van der Waals surface area contributed by atoms with Gasteiger partial charge in [-0.05, 0) is 38.9 Å². The highest BCUT2D eigenvalue weighted by Gasteiger charge is 2.21. The van der Waals surface area contributed by atoms with E-state index < -0.39 is 6.10 Å². The maximum absolute atomic E-state index is 10.4. The van der Waals surface area contributed by atoms with Gasteiger partial charge in [0.2, 0.25) is 0 Å². The van der Waals surface area contributed by atoms with E-state index in [1.165, 1.54) is 11.1 Å². The number of rotatable bonds is 3. The van der Waals surface area contributed by atoms with Crippen molar-refractivity contribution in [1.82, 2.24) is 0 Å². The van der Waals surface area contributed by atoms with Gasteiger partial charge in [0.05, 0.1) is 6.10 Å². The van der Waals surface area contributed by atoms with Crippen LogP contribution in [0.4, 0.5) is 0 Å². The maximum Gasteiger partial charge on any atom is 0.0833 e. The predicted octanol–water partition coefficient (Wildman–Crippen LogP) is 4.32. The SMILES string of the molecule is CC(C)(C)c1ccccc1C(O)Cc1ccsc1. The van der Waals surface area contributed by atoms with Gasteiger partial charge in [-0.2, -0.15) is 11.3 Å². The Morgan fingerprint density at radius 1 is 1.17 bits per heavy atom. The van der Waals surface area contributed by atoms with E-state index in [1.54, 1.807) is 11.3 Å². The maximum atomic E-state index is 10.4. The van der Waals surface area contributed by atoms with Crippen LogP contribution in [-0.4, -0.2) is 5.11 Å². The van der Waals surface area contributed by atoms with Crippen molar-refractivity contribution in [2.24, 2.45) is 0 Å². The Kier molecular flexibility index (Phi) is 3.88. The van der Waals surface area contributed by atoms with Crippen LogP contribution in [-0.2, 0) is 11.8 Å². The third-order valence-electron chi connectivity index (χ3n) is 3.14. The van der Waals surface area contributed by atoms with Crippen molar-refractivity contribution in [3.05, 3.63) is 57.8 Å². The van der Waals surface area contributed by atoms with Crippen LogP contribution in [0, 0.1) is 0 Å². The van der Waals surface area contributed by atoms with E-state index in [4.69, 9.17) is 0 Å². The van der Waals surface area contributed by atoms with Gasteiger partial charge in [0.1, 0.15) is 0 Å². The van der Waals surface area contributed by atoms with Gasteiger partial charge in [0, 0.05) is 6.42 Å². The second-order valence-electron chi connectivity index (χ2n) is 5.69. The first-order valence-corrected chi connectivity index (χ1v) is 7.21. The second-order valence-corrected chi connectivity index (χ2v) is 6.47. The molecule has 1 N–H and O–H groups in total. The minimum Gasteiger partial charge on any atom is -0.388 e. The molecule has 18 heavy (non-hydrogen) atoms. The topological polar surface area (TPSA) is 20.2 Å². The molecule has 0 radical (unpaired) electrons. The number of aliphatic hydroxyl groups excluding tert-OH is 1. The van der Waals surface area contributed by atoms with Crippen molar-refractivity contribution in [2.45, 2.75) is 38.7 Å². The summed E-state index contributed by atoms with van der Waals surface area (Å²) in [6.45, 7) is 6.55. The Morgan fingerprint density at radius 3 is 2.50 bits per heavy atom. The second kappa shape index (κ2) is 5.25. The van der Waals surface area contributed by atoms with Crippen LogP contribution < -0.4 is 0 Å². The molecule has 1 nitrogen and oxygen atoms in total. The summed E-state index contributed by atoms with van der Waals surface area (Å²) >= 11 is 1.68. The lowest BCUT2D eigenvalue weighted by Crippen LogP contribution is -2.16. The fourth-order valence-corrected chi connectivity index (χ4v) is 2.89. The molecule has 1 aromatic carbocycles. The minimum absolute atomic E-state index is 0.0617. The van der Waals surface area contributed by atoms with E-state index >= 15 is 0 Å². The van der Waals surface area contributed by atoms with Gasteiger partial charge in [0.15, 0.2) is 0 Å². The van der Waals surface area contributed by atoms with E-state index in [-0.39, 0.29) is 5.41 Å². The highest BCUT2D eigenvalue weighted by atomic mass is 32.1. The van der Waals surface area contributed by atoms with Gasteiger partial charge >= 0.3 is 0 Å². The highest BCUT2D eigenvalue weighted by molar-refractivity contribution is 7.07.